The SMILES string of the molecule is CCC(C)(C)c1ccc(-c2ccc3c(c2)CCN3)cc1. The zero-order valence-electron chi connectivity index (χ0n) is 12.7. The minimum atomic E-state index is 0.264. The van der Waals surface area contributed by atoms with E-state index in [9.17, 15) is 0 Å². The van der Waals surface area contributed by atoms with E-state index in [0.717, 1.165) is 19.4 Å². The lowest BCUT2D eigenvalue weighted by atomic mass is 9.82. The molecule has 0 bridgehead atoms. The summed E-state index contributed by atoms with van der Waals surface area (Å²) >= 11 is 0. The van der Waals surface area contributed by atoms with Crippen LogP contribution in [0, 0.1) is 0 Å². The number of nitrogens with one attached hydrogen (secondary N) is 1. The predicted octanol–water partition coefficient (Wildman–Crippen LogP) is 5.01. The van der Waals surface area contributed by atoms with Crippen molar-refractivity contribution in [3.05, 3.63) is 53.6 Å². The number of anilines is 1. The quantitative estimate of drug-likeness (QED) is 0.822. The van der Waals surface area contributed by atoms with Crippen molar-refractivity contribution in [2.75, 3.05) is 11.9 Å². The van der Waals surface area contributed by atoms with Crippen molar-refractivity contribution in [1.82, 2.24) is 0 Å². The third-order valence-electron chi connectivity index (χ3n) is 4.70. The average molecular weight is 265 g/mol. The third kappa shape index (κ3) is 2.33. The second-order valence-corrected chi connectivity index (χ2v) is 6.36. The number of hydrogen-bond donors (Lipinski definition) is 1. The Balaban J connectivity index is 1.92. The van der Waals surface area contributed by atoms with Crippen LogP contribution >= 0.6 is 0 Å². The maximum absolute atomic E-state index is 3.42. The van der Waals surface area contributed by atoms with Crippen LogP contribution in [0.1, 0.15) is 38.3 Å². The van der Waals surface area contributed by atoms with Crippen LogP contribution in [-0.4, -0.2) is 6.54 Å². The number of fused-ring (bicyclic) bond motifs is 1. The minimum Gasteiger partial charge on any atom is -0.384 e. The van der Waals surface area contributed by atoms with Gasteiger partial charge in [0.05, 0.1) is 0 Å². The Labute approximate surface area is 122 Å². The fourth-order valence-corrected chi connectivity index (χ4v) is 2.80. The van der Waals surface area contributed by atoms with Crippen LogP contribution in [0.5, 0.6) is 0 Å². The molecule has 0 atom stereocenters. The van der Waals surface area contributed by atoms with Crippen molar-refractivity contribution in [2.45, 2.75) is 39.0 Å². The van der Waals surface area contributed by atoms with Crippen LogP contribution in [0.4, 0.5) is 5.69 Å². The summed E-state index contributed by atoms with van der Waals surface area (Å²) in [7, 11) is 0. The smallest absolute Gasteiger partial charge is 0.0373 e. The molecular weight excluding hydrogens is 242 g/mol. The molecule has 1 aliphatic heterocycles. The zero-order chi connectivity index (χ0) is 14.2. The molecule has 0 aromatic heterocycles. The molecule has 1 nitrogen and oxygen atoms in total. The summed E-state index contributed by atoms with van der Waals surface area (Å²) in [4.78, 5) is 0. The van der Waals surface area contributed by atoms with Crippen LogP contribution < -0.4 is 5.32 Å². The molecule has 1 heterocycles. The van der Waals surface area contributed by atoms with E-state index in [1.54, 1.807) is 0 Å². The van der Waals surface area contributed by atoms with Crippen LogP contribution in [0.25, 0.3) is 11.1 Å². The van der Waals surface area contributed by atoms with Crippen LogP contribution in [0.2, 0.25) is 0 Å². The molecule has 2 aromatic rings. The molecule has 0 unspecified atom stereocenters. The van der Waals surface area contributed by atoms with E-state index >= 15 is 0 Å². The molecule has 0 aliphatic carbocycles. The molecule has 1 N–H and O–H groups in total. The van der Waals surface area contributed by atoms with Crippen molar-refractivity contribution >= 4 is 5.69 Å². The van der Waals surface area contributed by atoms with E-state index in [1.165, 1.54) is 27.9 Å². The second kappa shape index (κ2) is 4.97. The van der Waals surface area contributed by atoms with Gasteiger partial charge in [-0.15, -0.1) is 0 Å². The minimum absolute atomic E-state index is 0.264. The lowest BCUT2D eigenvalue weighted by molar-refractivity contribution is 0.506. The van der Waals surface area contributed by atoms with Gasteiger partial charge in [-0.05, 0) is 52.6 Å². The molecule has 0 fully saturated rings. The van der Waals surface area contributed by atoms with Crippen LogP contribution in [0.3, 0.4) is 0 Å². The van der Waals surface area contributed by atoms with Gasteiger partial charge >= 0.3 is 0 Å². The summed E-state index contributed by atoms with van der Waals surface area (Å²) in [6.07, 6.45) is 2.31. The average Bonchev–Trinajstić information content (AvgIpc) is 2.94. The standard InChI is InChI=1S/C19H23N/c1-4-19(2,3)17-8-5-14(6-9-17)15-7-10-18-16(13-15)11-12-20-18/h5-10,13,20H,4,11-12H2,1-3H3. The van der Waals surface area contributed by atoms with Crippen molar-refractivity contribution in [2.24, 2.45) is 0 Å². The first-order chi connectivity index (χ1) is 9.60. The highest BCUT2D eigenvalue weighted by Gasteiger charge is 2.17. The summed E-state index contributed by atoms with van der Waals surface area (Å²) in [6, 6.07) is 15.8. The Kier molecular flexibility index (Phi) is 3.29. The summed E-state index contributed by atoms with van der Waals surface area (Å²) < 4.78 is 0. The summed E-state index contributed by atoms with van der Waals surface area (Å²) in [5.74, 6) is 0. The van der Waals surface area contributed by atoms with Gasteiger partial charge in [0.2, 0.25) is 0 Å². The summed E-state index contributed by atoms with van der Waals surface area (Å²) in [6.45, 7) is 7.94. The molecule has 1 heteroatoms. The van der Waals surface area contributed by atoms with Gasteiger partial charge in [-0.2, -0.15) is 0 Å². The summed E-state index contributed by atoms with van der Waals surface area (Å²) in [5.41, 5.74) is 7.08. The second-order valence-electron chi connectivity index (χ2n) is 6.36. The molecular formula is C19H23N. The fourth-order valence-electron chi connectivity index (χ4n) is 2.80. The molecule has 2 aromatic carbocycles. The third-order valence-corrected chi connectivity index (χ3v) is 4.70. The first-order valence-electron chi connectivity index (χ1n) is 7.58. The number of benzene rings is 2. The van der Waals surface area contributed by atoms with Crippen molar-refractivity contribution < 1.29 is 0 Å². The topological polar surface area (TPSA) is 12.0 Å². The van der Waals surface area contributed by atoms with Crippen molar-refractivity contribution in [3.63, 3.8) is 0 Å². The number of rotatable bonds is 3. The molecule has 3 rings (SSSR count). The van der Waals surface area contributed by atoms with E-state index in [0.29, 0.717) is 0 Å². The van der Waals surface area contributed by atoms with Crippen LogP contribution in [-0.2, 0) is 11.8 Å². The molecule has 1 aliphatic rings. The first-order valence-corrected chi connectivity index (χ1v) is 7.58. The normalized spacial score (nSPS) is 13.9. The Hall–Kier alpha value is -1.76. The molecule has 0 spiro atoms. The molecule has 0 amide bonds. The monoisotopic (exact) mass is 265 g/mol. The lowest BCUT2D eigenvalue weighted by Crippen LogP contribution is -2.14. The van der Waals surface area contributed by atoms with Gasteiger partial charge < -0.3 is 5.32 Å². The van der Waals surface area contributed by atoms with Crippen LogP contribution in [0.15, 0.2) is 42.5 Å². The van der Waals surface area contributed by atoms with Crippen molar-refractivity contribution in [1.29, 1.82) is 0 Å². The van der Waals surface area contributed by atoms with E-state index in [-0.39, 0.29) is 5.41 Å². The van der Waals surface area contributed by atoms with Gasteiger partial charge in [0.1, 0.15) is 0 Å². The molecule has 0 saturated carbocycles. The molecule has 0 radical (unpaired) electrons. The van der Waals surface area contributed by atoms with Gasteiger partial charge in [-0.25, -0.2) is 0 Å². The summed E-state index contributed by atoms with van der Waals surface area (Å²) in [5, 5.41) is 3.42. The predicted molar refractivity (Wildman–Crippen MR) is 87.4 cm³/mol. The first kappa shape index (κ1) is 13.2. The van der Waals surface area contributed by atoms with E-state index in [1.807, 2.05) is 0 Å². The van der Waals surface area contributed by atoms with E-state index < -0.39 is 0 Å². The van der Waals surface area contributed by atoms with Gasteiger partial charge in [0, 0.05) is 12.2 Å². The fraction of sp³-hybridized carbons (Fsp3) is 0.368. The maximum atomic E-state index is 3.42. The van der Waals surface area contributed by atoms with Gasteiger partial charge in [-0.3, -0.25) is 0 Å². The van der Waals surface area contributed by atoms with Gasteiger partial charge in [0.15, 0.2) is 0 Å². The molecule has 20 heavy (non-hydrogen) atoms. The molecule has 104 valence electrons. The van der Waals surface area contributed by atoms with Gasteiger partial charge in [-0.1, -0.05) is 51.1 Å². The van der Waals surface area contributed by atoms with Crippen molar-refractivity contribution in [3.8, 4) is 11.1 Å². The zero-order valence-corrected chi connectivity index (χ0v) is 12.7. The largest absolute Gasteiger partial charge is 0.384 e. The Morgan fingerprint density at radius 2 is 1.70 bits per heavy atom. The Morgan fingerprint density at radius 1 is 1.00 bits per heavy atom. The maximum Gasteiger partial charge on any atom is 0.0373 e. The van der Waals surface area contributed by atoms with Gasteiger partial charge in [0.25, 0.3) is 0 Å². The Bertz CT molecular complexity index is 608. The number of hydrogen-bond acceptors (Lipinski definition) is 1. The molecule has 0 saturated heterocycles. The van der Waals surface area contributed by atoms with E-state index in [2.05, 4.69) is 68.6 Å². The van der Waals surface area contributed by atoms with E-state index in [4.69, 9.17) is 0 Å². The Morgan fingerprint density at radius 3 is 2.40 bits per heavy atom. The highest BCUT2D eigenvalue weighted by molar-refractivity contribution is 5.70. The highest BCUT2D eigenvalue weighted by atomic mass is 14.9. The lowest BCUT2D eigenvalue weighted by Gasteiger charge is -2.23. The highest BCUT2D eigenvalue weighted by Crippen LogP contribution is 2.31.